The van der Waals surface area contributed by atoms with Crippen molar-refractivity contribution < 1.29 is 9.59 Å². The highest BCUT2D eigenvalue weighted by Crippen LogP contribution is 2.16. The Morgan fingerprint density at radius 3 is 0.824 bits per heavy atom. The average molecular weight is 477 g/mol. The van der Waals surface area contributed by atoms with Crippen molar-refractivity contribution in [2.45, 2.75) is 181 Å². The van der Waals surface area contributed by atoms with E-state index in [4.69, 9.17) is 0 Å². The third-order valence-corrected chi connectivity index (χ3v) is 7.19. The van der Waals surface area contributed by atoms with Crippen molar-refractivity contribution in [2.24, 2.45) is 0 Å². The van der Waals surface area contributed by atoms with Gasteiger partial charge >= 0.3 is 0 Å². The number of rotatable bonds is 28. The van der Waals surface area contributed by atoms with Crippen LogP contribution in [-0.2, 0) is 9.59 Å². The topological polar surface area (TPSA) is 34.1 Å². The maximum absolute atomic E-state index is 12.3. The molecule has 0 aromatic carbocycles. The predicted octanol–water partition coefficient (Wildman–Crippen LogP) is 10.9. The van der Waals surface area contributed by atoms with E-state index in [1.165, 1.54) is 128 Å². The molecule has 0 bridgehead atoms. The van der Waals surface area contributed by atoms with E-state index in [0.29, 0.717) is 12.8 Å². The number of ketones is 2. The van der Waals surface area contributed by atoms with Crippen molar-refractivity contribution >= 4 is 11.6 Å². The Kier molecular flexibility index (Phi) is 26.0. The maximum atomic E-state index is 12.3. The molecule has 0 heterocycles. The molecule has 0 aliphatic carbocycles. The molecular formula is C32H60O2. The highest BCUT2D eigenvalue weighted by Gasteiger charge is 2.14. The maximum Gasteiger partial charge on any atom is 0.165 e. The zero-order valence-corrected chi connectivity index (χ0v) is 23.4. The van der Waals surface area contributed by atoms with Crippen molar-refractivity contribution in [1.29, 1.82) is 0 Å². The molecule has 0 aliphatic rings. The summed E-state index contributed by atoms with van der Waals surface area (Å²) in [6.45, 7) is 8.32. The number of Topliss-reactive ketones (excluding diaryl/α,β-unsaturated/α-hetero) is 2. The number of carbonyl (C=O) groups is 2. The zero-order valence-electron chi connectivity index (χ0n) is 23.4. The van der Waals surface area contributed by atoms with Crippen LogP contribution in [0.4, 0.5) is 0 Å². The fourth-order valence-electron chi connectivity index (χ4n) is 4.71. The molecule has 0 aliphatic heterocycles. The van der Waals surface area contributed by atoms with E-state index in [2.05, 4.69) is 20.4 Å². The van der Waals surface area contributed by atoms with Crippen molar-refractivity contribution in [1.82, 2.24) is 0 Å². The van der Waals surface area contributed by atoms with Crippen molar-refractivity contribution in [3.05, 3.63) is 12.2 Å². The molecule has 0 fully saturated rings. The van der Waals surface area contributed by atoms with Gasteiger partial charge < -0.3 is 0 Å². The van der Waals surface area contributed by atoms with E-state index < -0.39 is 0 Å². The van der Waals surface area contributed by atoms with E-state index in [9.17, 15) is 9.59 Å². The number of carbonyl (C=O) groups excluding carboxylic acids is 2. The highest BCUT2D eigenvalue weighted by atomic mass is 16.1. The monoisotopic (exact) mass is 476 g/mol. The van der Waals surface area contributed by atoms with Gasteiger partial charge in [0.05, 0.1) is 5.57 Å². The molecule has 2 heteroatoms. The molecule has 34 heavy (non-hydrogen) atoms. The van der Waals surface area contributed by atoms with Crippen molar-refractivity contribution in [3.63, 3.8) is 0 Å². The largest absolute Gasteiger partial charge is 0.294 e. The van der Waals surface area contributed by atoms with Crippen LogP contribution in [0.5, 0.6) is 0 Å². The van der Waals surface area contributed by atoms with Crippen LogP contribution in [-0.4, -0.2) is 11.6 Å². The van der Waals surface area contributed by atoms with E-state index >= 15 is 0 Å². The van der Waals surface area contributed by atoms with Crippen LogP contribution < -0.4 is 0 Å². The molecule has 0 rings (SSSR count). The molecule has 0 amide bonds. The predicted molar refractivity (Wildman–Crippen MR) is 151 cm³/mol. The van der Waals surface area contributed by atoms with Gasteiger partial charge in [0.25, 0.3) is 0 Å². The van der Waals surface area contributed by atoms with Gasteiger partial charge in [0.2, 0.25) is 0 Å². The molecule has 0 saturated heterocycles. The van der Waals surface area contributed by atoms with Gasteiger partial charge in [-0.1, -0.05) is 162 Å². The first-order chi connectivity index (χ1) is 16.6. The first-order valence-electron chi connectivity index (χ1n) is 15.4. The van der Waals surface area contributed by atoms with Gasteiger partial charge in [0, 0.05) is 12.8 Å². The molecule has 0 N–H and O–H groups in total. The Balaban J connectivity index is 3.44. The summed E-state index contributed by atoms with van der Waals surface area (Å²) in [7, 11) is 0. The summed E-state index contributed by atoms with van der Waals surface area (Å²) in [4.78, 5) is 24.5. The summed E-state index contributed by atoms with van der Waals surface area (Å²) in [6, 6.07) is 0. The van der Waals surface area contributed by atoms with E-state index in [-0.39, 0.29) is 17.1 Å². The van der Waals surface area contributed by atoms with Crippen LogP contribution in [0.15, 0.2) is 12.2 Å². The van der Waals surface area contributed by atoms with Crippen LogP contribution in [0.1, 0.15) is 181 Å². The van der Waals surface area contributed by atoms with Gasteiger partial charge in [-0.3, -0.25) is 9.59 Å². The lowest BCUT2D eigenvalue weighted by atomic mass is 9.98. The smallest absolute Gasteiger partial charge is 0.165 e. The van der Waals surface area contributed by atoms with Crippen LogP contribution in [0, 0.1) is 0 Å². The Labute approximate surface area is 214 Å². The number of unbranched alkanes of at least 4 members (excludes halogenated alkanes) is 22. The van der Waals surface area contributed by atoms with Crippen LogP contribution >= 0.6 is 0 Å². The molecule has 0 saturated carbocycles. The van der Waals surface area contributed by atoms with Gasteiger partial charge in [-0.25, -0.2) is 0 Å². The second-order valence-corrected chi connectivity index (χ2v) is 10.6. The van der Waals surface area contributed by atoms with E-state index in [1.807, 2.05) is 0 Å². The third kappa shape index (κ3) is 22.9. The van der Waals surface area contributed by atoms with Crippen LogP contribution in [0.2, 0.25) is 0 Å². The first kappa shape index (κ1) is 33.1. The number of hydrogen-bond acceptors (Lipinski definition) is 2. The highest BCUT2D eigenvalue weighted by molar-refractivity contribution is 6.19. The molecule has 200 valence electrons. The van der Waals surface area contributed by atoms with E-state index in [0.717, 1.165) is 25.7 Å². The molecule has 2 nitrogen and oxygen atoms in total. The lowest BCUT2D eigenvalue weighted by Crippen LogP contribution is -2.11. The van der Waals surface area contributed by atoms with Gasteiger partial charge in [0.15, 0.2) is 11.6 Å². The Morgan fingerprint density at radius 2 is 0.588 bits per heavy atom. The SMILES string of the molecule is C=C(C(=O)CCCCCCCCCCC)C(=O)CCCCCCCCCCCCCCCCC. The Morgan fingerprint density at radius 1 is 0.382 bits per heavy atom. The molecule has 0 spiro atoms. The van der Waals surface area contributed by atoms with Gasteiger partial charge in [-0.15, -0.1) is 0 Å². The molecule has 0 radical (unpaired) electrons. The molecular weight excluding hydrogens is 416 g/mol. The van der Waals surface area contributed by atoms with Gasteiger partial charge in [-0.05, 0) is 12.8 Å². The van der Waals surface area contributed by atoms with Crippen LogP contribution in [0.25, 0.3) is 0 Å². The Hall–Kier alpha value is -0.920. The summed E-state index contributed by atoms with van der Waals surface area (Å²) in [5.41, 5.74) is 0.255. The molecule has 0 aromatic rings. The van der Waals surface area contributed by atoms with Crippen molar-refractivity contribution in [3.8, 4) is 0 Å². The van der Waals surface area contributed by atoms with Gasteiger partial charge in [-0.2, -0.15) is 0 Å². The number of hydrogen-bond donors (Lipinski definition) is 0. The van der Waals surface area contributed by atoms with Crippen LogP contribution in [0.3, 0.4) is 0 Å². The molecule has 0 unspecified atom stereocenters. The second-order valence-electron chi connectivity index (χ2n) is 10.6. The van der Waals surface area contributed by atoms with Crippen molar-refractivity contribution in [2.75, 3.05) is 0 Å². The summed E-state index contributed by atoms with van der Waals surface area (Å²) in [5.74, 6) is -0.0375. The minimum absolute atomic E-state index is 0.0179. The molecule has 0 atom stereocenters. The summed E-state index contributed by atoms with van der Waals surface area (Å²) >= 11 is 0. The standard InChI is InChI=1S/C32H60O2/c1-4-6-8-10-12-14-15-16-17-18-19-21-23-25-27-29-32(34)30(3)31(33)28-26-24-22-20-13-11-9-7-5-2/h3-29H2,1-2H3. The zero-order chi connectivity index (χ0) is 25.1. The fraction of sp³-hybridized carbons (Fsp3) is 0.875. The first-order valence-corrected chi connectivity index (χ1v) is 15.4. The fourth-order valence-corrected chi connectivity index (χ4v) is 4.71. The Bertz CT molecular complexity index is 479. The lowest BCUT2D eigenvalue weighted by molar-refractivity contribution is -0.121. The van der Waals surface area contributed by atoms with E-state index in [1.54, 1.807) is 0 Å². The second kappa shape index (κ2) is 26.7. The summed E-state index contributed by atoms with van der Waals surface area (Å²) in [5, 5.41) is 0. The normalized spacial score (nSPS) is 11.1. The summed E-state index contributed by atoms with van der Waals surface area (Å²) in [6.07, 6.45) is 32.0. The minimum Gasteiger partial charge on any atom is -0.294 e. The average Bonchev–Trinajstić information content (AvgIpc) is 2.84. The summed E-state index contributed by atoms with van der Waals surface area (Å²) < 4.78 is 0. The quantitative estimate of drug-likeness (QED) is 0.0487. The third-order valence-electron chi connectivity index (χ3n) is 7.19. The molecule has 0 aromatic heterocycles. The lowest BCUT2D eigenvalue weighted by Gasteiger charge is -2.06. The number of allylic oxidation sites excluding steroid dienone is 1. The van der Waals surface area contributed by atoms with Gasteiger partial charge in [0.1, 0.15) is 0 Å². The minimum atomic E-state index is -0.0195.